The van der Waals surface area contributed by atoms with E-state index in [0.29, 0.717) is 20.6 Å². The van der Waals surface area contributed by atoms with Crippen molar-refractivity contribution in [3.8, 4) is 22.3 Å². The SMILES string of the molecule is O=c1oc2c(Br)cc(Cl)cc2c(-c2ccccc2)c1-c1ccc(Br)cc1. The van der Waals surface area contributed by atoms with E-state index in [2.05, 4.69) is 31.9 Å². The Morgan fingerprint density at radius 3 is 2.15 bits per heavy atom. The van der Waals surface area contributed by atoms with Crippen molar-refractivity contribution in [3.05, 3.63) is 91.1 Å². The Kier molecular flexibility index (Phi) is 4.74. The van der Waals surface area contributed by atoms with Gasteiger partial charge in [-0.3, -0.25) is 0 Å². The molecule has 26 heavy (non-hydrogen) atoms. The molecular weight excluding hydrogens is 479 g/mol. The van der Waals surface area contributed by atoms with Gasteiger partial charge in [-0.05, 0) is 51.3 Å². The molecule has 4 aromatic rings. The first-order chi connectivity index (χ1) is 12.5. The molecular formula is C21H11Br2ClO2. The zero-order valence-electron chi connectivity index (χ0n) is 13.3. The highest BCUT2D eigenvalue weighted by molar-refractivity contribution is 9.11. The maximum atomic E-state index is 12.9. The van der Waals surface area contributed by atoms with Crippen molar-refractivity contribution in [2.75, 3.05) is 0 Å². The van der Waals surface area contributed by atoms with Crippen molar-refractivity contribution in [1.29, 1.82) is 0 Å². The Hall–Kier alpha value is -1.88. The molecule has 0 radical (unpaired) electrons. The molecule has 3 aromatic carbocycles. The standard InChI is InChI=1S/C21H11Br2ClO2/c22-14-8-6-13(7-9-14)19-18(12-4-2-1-3-5-12)16-10-15(24)11-17(23)20(16)26-21(19)25/h1-11H. The molecule has 0 aliphatic carbocycles. The molecule has 0 saturated heterocycles. The topological polar surface area (TPSA) is 30.2 Å². The fourth-order valence-electron chi connectivity index (χ4n) is 3.01. The fraction of sp³-hybridized carbons (Fsp3) is 0. The summed E-state index contributed by atoms with van der Waals surface area (Å²) < 4.78 is 7.25. The maximum Gasteiger partial charge on any atom is 0.344 e. The molecule has 128 valence electrons. The lowest BCUT2D eigenvalue weighted by molar-refractivity contribution is 0.562. The molecule has 0 saturated carbocycles. The second kappa shape index (κ2) is 7.03. The smallest absolute Gasteiger partial charge is 0.344 e. The summed E-state index contributed by atoms with van der Waals surface area (Å²) in [4.78, 5) is 12.9. The zero-order chi connectivity index (χ0) is 18.3. The van der Waals surface area contributed by atoms with Crippen LogP contribution >= 0.6 is 43.5 Å². The summed E-state index contributed by atoms with van der Waals surface area (Å²) in [5.41, 5.74) is 3.14. The van der Waals surface area contributed by atoms with Gasteiger partial charge in [0.2, 0.25) is 0 Å². The van der Waals surface area contributed by atoms with Crippen LogP contribution in [0.4, 0.5) is 0 Å². The van der Waals surface area contributed by atoms with Crippen LogP contribution in [0.1, 0.15) is 0 Å². The second-order valence-corrected chi connectivity index (χ2v) is 7.98. The van der Waals surface area contributed by atoms with Gasteiger partial charge in [0, 0.05) is 20.4 Å². The van der Waals surface area contributed by atoms with E-state index >= 15 is 0 Å². The first-order valence-electron chi connectivity index (χ1n) is 7.82. The van der Waals surface area contributed by atoms with Crippen LogP contribution in [0, 0.1) is 0 Å². The molecule has 1 heterocycles. The predicted molar refractivity (Wildman–Crippen MR) is 114 cm³/mol. The van der Waals surface area contributed by atoms with Crippen LogP contribution in [0.3, 0.4) is 0 Å². The third-order valence-corrected chi connectivity index (χ3v) is 5.46. The van der Waals surface area contributed by atoms with Gasteiger partial charge in [0.05, 0.1) is 10.0 Å². The summed E-state index contributed by atoms with van der Waals surface area (Å²) in [7, 11) is 0. The molecule has 0 unspecified atom stereocenters. The Labute approximate surface area is 171 Å². The Bertz CT molecular complexity index is 1170. The normalized spacial score (nSPS) is 11.0. The number of halogens is 3. The van der Waals surface area contributed by atoms with E-state index in [-0.39, 0.29) is 5.63 Å². The molecule has 0 spiro atoms. The molecule has 0 fully saturated rings. The number of benzene rings is 3. The largest absolute Gasteiger partial charge is 0.421 e. The van der Waals surface area contributed by atoms with Crippen LogP contribution < -0.4 is 5.63 Å². The van der Waals surface area contributed by atoms with Crippen LogP contribution in [-0.2, 0) is 0 Å². The fourth-order valence-corrected chi connectivity index (χ4v) is 4.17. The van der Waals surface area contributed by atoms with E-state index in [1.807, 2.05) is 60.7 Å². The van der Waals surface area contributed by atoms with Crippen molar-refractivity contribution in [2.45, 2.75) is 0 Å². The van der Waals surface area contributed by atoms with E-state index < -0.39 is 0 Å². The van der Waals surface area contributed by atoms with Gasteiger partial charge in [0.25, 0.3) is 0 Å². The molecule has 0 amide bonds. The van der Waals surface area contributed by atoms with Crippen molar-refractivity contribution in [1.82, 2.24) is 0 Å². The minimum atomic E-state index is -0.387. The number of rotatable bonds is 2. The lowest BCUT2D eigenvalue weighted by Gasteiger charge is -2.13. The molecule has 1 aromatic heterocycles. The summed E-state index contributed by atoms with van der Waals surface area (Å²) in [5.74, 6) is 0. The second-order valence-electron chi connectivity index (χ2n) is 5.78. The van der Waals surface area contributed by atoms with E-state index in [1.54, 1.807) is 6.07 Å². The first-order valence-corrected chi connectivity index (χ1v) is 9.78. The molecule has 0 aliphatic heterocycles. The van der Waals surface area contributed by atoms with Gasteiger partial charge >= 0.3 is 5.63 Å². The lowest BCUT2D eigenvalue weighted by atomic mass is 9.93. The number of hydrogen-bond donors (Lipinski definition) is 0. The third-order valence-electron chi connectivity index (χ3n) is 4.12. The molecule has 4 rings (SSSR count). The molecule has 2 nitrogen and oxygen atoms in total. The van der Waals surface area contributed by atoms with Crippen molar-refractivity contribution in [2.24, 2.45) is 0 Å². The molecule has 0 bridgehead atoms. The first kappa shape index (κ1) is 17.5. The highest BCUT2D eigenvalue weighted by Crippen LogP contribution is 2.39. The Morgan fingerprint density at radius 2 is 1.46 bits per heavy atom. The number of fused-ring (bicyclic) bond motifs is 1. The van der Waals surface area contributed by atoms with E-state index in [1.165, 1.54) is 0 Å². The van der Waals surface area contributed by atoms with E-state index in [9.17, 15) is 4.79 Å². The Balaban J connectivity index is 2.19. The zero-order valence-corrected chi connectivity index (χ0v) is 17.2. The average Bonchev–Trinajstić information content (AvgIpc) is 2.63. The van der Waals surface area contributed by atoms with Crippen molar-refractivity contribution >= 4 is 54.4 Å². The highest BCUT2D eigenvalue weighted by Gasteiger charge is 2.19. The molecule has 0 atom stereocenters. The van der Waals surface area contributed by atoms with Crippen LogP contribution in [0.15, 0.2) is 84.9 Å². The summed E-state index contributed by atoms with van der Waals surface area (Å²) in [6.45, 7) is 0. The summed E-state index contributed by atoms with van der Waals surface area (Å²) >= 11 is 13.2. The summed E-state index contributed by atoms with van der Waals surface area (Å²) in [5, 5.41) is 1.35. The molecule has 5 heteroatoms. The van der Waals surface area contributed by atoms with Crippen LogP contribution in [0.25, 0.3) is 33.2 Å². The van der Waals surface area contributed by atoms with Gasteiger partial charge in [-0.15, -0.1) is 0 Å². The Morgan fingerprint density at radius 1 is 0.808 bits per heavy atom. The quantitative estimate of drug-likeness (QED) is 0.276. The van der Waals surface area contributed by atoms with E-state index in [0.717, 1.165) is 26.5 Å². The van der Waals surface area contributed by atoms with Gasteiger partial charge in [-0.1, -0.05) is 70.0 Å². The van der Waals surface area contributed by atoms with Gasteiger partial charge < -0.3 is 4.42 Å². The van der Waals surface area contributed by atoms with Gasteiger partial charge in [0.15, 0.2) is 5.58 Å². The van der Waals surface area contributed by atoms with Gasteiger partial charge in [-0.2, -0.15) is 0 Å². The van der Waals surface area contributed by atoms with Gasteiger partial charge in [-0.25, -0.2) is 4.79 Å². The van der Waals surface area contributed by atoms with Crippen LogP contribution in [-0.4, -0.2) is 0 Å². The molecule has 0 N–H and O–H groups in total. The minimum absolute atomic E-state index is 0.387. The summed E-state index contributed by atoms with van der Waals surface area (Å²) in [6.07, 6.45) is 0. The van der Waals surface area contributed by atoms with Crippen LogP contribution in [0.2, 0.25) is 5.02 Å². The van der Waals surface area contributed by atoms with Crippen molar-refractivity contribution in [3.63, 3.8) is 0 Å². The average molecular weight is 491 g/mol. The minimum Gasteiger partial charge on any atom is -0.421 e. The third kappa shape index (κ3) is 3.13. The number of hydrogen-bond acceptors (Lipinski definition) is 2. The predicted octanol–water partition coefficient (Wildman–Crippen LogP) is 7.31. The van der Waals surface area contributed by atoms with Crippen LogP contribution in [0.5, 0.6) is 0 Å². The van der Waals surface area contributed by atoms with Gasteiger partial charge in [0.1, 0.15) is 0 Å². The highest BCUT2D eigenvalue weighted by atomic mass is 79.9. The van der Waals surface area contributed by atoms with E-state index in [4.69, 9.17) is 16.0 Å². The van der Waals surface area contributed by atoms with Crippen molar-refractivity contribution < 1.29 is 4.42 Å². The summed E-state index contributed by atoms with van der Waals surface area (Å²) in [6, 6.07) is 20.9. The monoisotopic (exact) mass is 488 g/mol. The lowest BCUT2D eigenvalue weighted by Crippen LogP contribution is -2.06. The maximum absolute atomic E-state index is 12.9. The molecule has 0 aliphatic rings.